The van der Waals surface area contributed by atoms with Gasteiger partial charge in [-0.05, 0) is 18.1 Å². The van der Waals surface area contributed by atoms with E-state index in [-0.39, 0.29) is 24.5 Å². The van der Waals surface area contributed by atoms with Gasteiger partial charge >= 0.3 is 11.9 Å². The van der Waals surface area contributed by atoms with Crippen LogP contribution < -0.4 is 0 Å². The predicted octanol–water partition coefficient (Wildman–Crippen LogP) is 4.33. The van der Waals surface area contributed by atoms with Crippen LogP contribution in [0.1, 0.15) is 43.0 Å². The van der Waals surface area contributed by atoms with Crippen molar-refractivity contribution < 1.29 is 19.4 Å². The molecule has 4 aromatic rings. The molecule has 0 radical (unpaired) electrons. The fourth-order valence-corrected chi connectivity index (χ4v) is 4.82. The van der Waals surface area contributed by atoms with Gasteiger partial charge in [-0.25, -0.2) is 9.97 Å². The van der Waals surface area contributed by atoms with Gasteiger partial charge in [0.1, 0.15) is 0 Å². The smallest absolute Gasteiger partial charge is 0.308 e. The number of nitrogens with zero attached hydrogens (tertiary/aromatic N) is 4. The second kappa shape index (κ2) is 8.97. The van der Waals surface area contributed by atoms with Gasteiger partial charge in [-0.2, -0.15) is 0 Å². The molecule has 0 fully saturated rings. The summed E-state index contributed by atoms with van der Waals surface area (Å²) < 4.78 is 9.01. The summed E-state index contributed by atoms with van der Waals surface area (Å²) in [6, 6.07) is 15.9. The lowest BCUT2D eigenvalue weighted by Crippen LogP contribution is -2.13. The van der Waals surface area contributed by atoms with Gasteiger partial charge in [0.15, 0.2) is 0 Å². The molecule has 0 spiro atoms. The maximum absolute atomic E-state index is 11.7. The van der Waals surface area contributed by atoms with Crippen LogP contribution in [-0.4, -0.2) is 42.8 Å². The van der Waals surface area contributed by atoms with Gasteiger partial charge in [0.05, 0.1) is 68.0 Å². The van der Waals surface area contributed by atoms with E-state index in [4.69, 9.17) is 9.84 Å². The second-order valence-electron chi connectivity index (χ2n) is 8.19. The molecule has 0 amide bonds. The Kier molecular flexibility index (Phi) is 5.71. The molecule has 2 aliphatic rings. The molecule has 0 aliphatic carbocycles. The van der Waals surface area contributed by atoms with Crippen molar-refractivity contribution in [3.63, 3.8) is 0 Å². The quantitative estimate of drug-likeness (QED) is 0.449. The van der Waals surface area contributed by atoms with Crippen LogP contribution in [0.15, 0.2) is 73.6 Å². The number of imidazole rings is 2. The first kappa shape index (κ1) is 21.6. The summed E-state index contributed by atoms with van der Waals surface area (Å²) in [7, 11) is 0. The maximum atomic E-state index is 11.7. The average Bonchev–Trinajstić information content (AvgIpc) is 3.59. The van der Waals surface area contributed by atoms with E-state index >= 15 is 0 Å². The standard InChI is InChI=1S/C14H14N2O2.C12H10N2O2/c1-2-18-14(17)7-12-10-5-3-4-6-11(10)13-8-15-9-16(12)13;15-12(16)5-10-8-3-1-2-4-9(8)11-6-13-7-14(10)11/h3-6,8-9,12H,2,7H2,1H3;1-4,6-7,10H,5H2,(H,15,16). The van der Waals surface area contributed by atoms with Crippen molar-refractivity contribution in [1.82, 2.24) is 19.1 Å². The number of hydrogen-bond acceptors (Lipinski definition) is 5. The fraction of sp³-hybridized carbons (Fsp3) is 0.231. The highest BCUT2D eigenvalue weighted by molar-refractivity contribution is 5.75. The lowest BCUT2D eigenvalue weighted by atomic mass is 10.0. The molecule has 172 valence electrons. The summed E-state index contributed by atoms with van der Waals surface area (Å²) in [6.45, 7) is 2.24. The zero-order valence-corrected chi connectivity index (χ0v) is 18.7. The fourth-order valence-electron chi connectivity index (χ4n) is 4.82. The predicted molar refractivity (Wildman–Crippen MR) is 125 cm³/mol. The van der Waals surface area contributed by atoms with Crippen LogP contribution in [0, 0.1) is 0 Å². The van der Waals surface area contributed by atoms with Crippen molar-refractivity contribution in [2.45, 2.75) is 31.8 Å². The number of aliphatic carboxylic acids is 1. The number of esters is 1. The van der Waals surface area contributed by atoms with Crippen LogP contribution in [0.3, 0.4) is 0 Å². The second-order valence-corrected chi connectivity index (χ2v) is 8.19. The van der Waals surface area contributed by atoms with E-state index in [2.05, 4.69) is 22.1 Å². The highest BCUT2D eigenvalue weighted by Crippen LogP contribution is 2.41. The molecular weight excluding hydrogens is 432 g/mol. The highest BCUT2D eigenvalue weighted by atomic mass is 16.5. The Morgan fingerprint density at radius 2 is 1.35 bits per heavy atom. The largest absolute Gasteiger partial charge is 0.481 e. The first-order valence-corrected chi connectivity index (χ1v) is 11.2. The summed E-state index contributed by atoms with van der Waals surface area (Å²) in [4.78, 5) is 30.8. The minimum Gasteiger partial charge on any atom is -0.481 e. The Labute approximate surface area is 196 Å². The molecule has 6 rings (SSSR count). The molecule has 0 saturated carbocycles. The number of carbonyl (C=O) groups excluding carboxylic acids is 1. The van der Waals surface area contributed by atoms with E-state index < -0.39 is 5.97 Å². The molecule has 0 saturated heterocycles. The Morgan fingerprint density at radius 1 is 0.853 bits per heavy atom. The zero-order valence-electron chi connectivity index (χ0n) is 18.7. The molecular formula is C26H24N4O4. The highest BCUT2D eigenvalue weighted by Gasteiger charge is 2.30. The van der Waals surface area contributed by atoms with Gasteiger partial charge in [0, 0.05) is 11.1 Å². The van der Waals surface area contributed by atoms with E-state index in [1.54, 1.807) is 18.9 Å². The van der Waals surface area contributed by atoms with Gasteiger partial charge in [-0.1, -0.05) is 48.5 Å². The zero-order chi connectivity index (χ0) is 23.7. The lowest BCUT2D eigenvalue weighted by Gasteiger charge is -2.13. The van der Waals surface area contributed by atoms with E-state index in [0.29, 0.717) is 13.0 Å². The third-order valence-corrected chi connectivity index (χ3v) is 6.23. The van der Waals surface area contributed by atoms with Gasteiger partial charge in [-0.15, -0.1) is 0 Å². The molecule has 0 bridgehead atoms. The molecule has 4 heterocycles. The molecule has 2 unspecified atom stereocenters. The van der Waals surface area contributed by atoms with Gasteiger partial charge in [0.25, 0.3) is 0 Å². The van der Waals surface area contributed by atoms with Crippen LogP contribution in [0.2, 0.25) is 0 Å². The molecule has 2 aromatic carbocycles. The Balaban J connectivity index is 0.000000142. The number of aromatic nitrogens is 4. The lowest BCUT2D eigenvalue weighted by molar-refractivity contribution is -0.143. The molecule has 34 heavy (non-hydrogen) atoms. The molecule has 2 aliphatic heterocycles. The van der Waals surface area contributed by atoms with Gasteiger partial charge in [0.2, 0.25) is 0 Å². The maximum Gasteiger partial charge on any atom is 0.308 e. The topological polar surface area (TPSA) is 99.2 Å². The number of carbonyl (C=O) groups is 2. The molecule has 8 nitrogen and oxygen atoms in total. The number of benzene rings is 2. The van der Waals surface area contributed by atoms with Gasteiger partial charge < -0.3 is 19.0 Å². The van der Waals surface area contributed by atoms with Crippen molar-refractivity contribution in [2.24, 2.45) is 0 Å². The van der Waals surface area contributed by atoms with Crippen molar-refractivity contribution in [2.75, 3.05) is 6.61 Å². The molecule has 2 aromatic heterocycles. The first-order valence-electron chi connectivity index (χ1n) is 11.2. The SMILES string of the molecule is CCOC(=O)CC1c2ccccc2-c2cncn21.O=C(O)CC1c2ccccc2-c2cncn21. The molecule has 8 heteroatoms. The van der Waals surface area contributed by atoms with Crippen LogP contribution in [-0.2, 0) is 14.3 Å². The Hall–Kier alpha value is -4.20. The van der Waals surface area contributed by atoms with Crippen molar-refractivity contribution in [3.8, 4) is 22.5 Å². The first-order chi connectivity index (χ1) is 16.6. The number of ether oxygens (including phenoxy) is 1. The Bertz CT molecular complexity index is 1360. The minimum absolute atomic E-state index is 0.0118. The molecule has 2 atom stereocenters. The summed E-state index contributed by atoms with van der Waals surface area (Å²) in [5.41, 5.74) is 6.56. The van der Waals surface area contributed by atoms with E-state index in [9.17, 15) is 9.59 Å². The van der Waals surface area contributed by atoms with Crippen LogP contribution in [0.25, 0.3) is 22.5 Å². The van der Waals surface area contributed by atoms with Gasteiger partial charge in [-0.3, -0.25) is 9.59 Å². The number of hydrogen-bond donors (Lipinski definition) is 1. The monoisotopic (exact) mass is 456 g/mol. The summed E-state index contributed by atoms with van der Waals surface area (Å²) >= 11 is 0. The normalized spacial score (nSPS) is 16.5. The van der Waals surface area contributed by atoms with E-state index in [1.165, 1.54) is 5.56 Å². The third-order valence-electron chi connectivity index (χ3n) is 6.23. The third kappa shape index (κ3) is 3.77. The van der Waals surface area contributed by atoms with Crippen LogP contribution in [0.4, 0.5) is 0 Å². The van der Waals surface area contributed by atoms with E-state index in [0.717, 1.165) is 28.1 Å². The number of carboxylic acids is 1. The van der Waals surface area contributed by atoms with Crippen molar-refractivity contribution in [1.29, 1.82) is 0 Å². The van der Waals surface area contributed by atoms with Crippen molar-refractivity contribution in [3.05, 3.63) is 84.7 Å². The number of fused-ring (bicyclic) bond motifs is 6. The minimum atomic E-state index is -0.790. The average molecular weight is 457 g/mol. The van der Waals surface area contributed by atoms with Crippen LogP contribution in [0.5, 0.6) is 0 Å². The number of carboxylic acid groups (broad SMARTS) is 1. The van der Waals surface area contributed by atoms with E-state index in [1.807, 2.05) is 58.7 Å². The Morgan fingerprint density at radius 3 is 1.85 bits per heavy atom. The van der Waals surface area contributed by atoms with Crippen molar-refractivity contribution >= 4 is 11.9 Å². The van der Waals surface area contributed by atoms with Crippen LogP contribution >= 0.6 is 0 Å². The summed E-state index contributed by atoms with van der Waals surface area (Å²) in [5, 5.41) is 8.93. The summed E-state index contributed by atoms with van der Waals surface area (Å²) in [6.07, 6.45) is 7.54. The summed E-state index contributed by atoms with van der Waals surface area (Å²) in [5.74, 6) is -0.958. The molecule has 1 N–H and O–H groups in total. The number of rotatable bonds is 5.